The standard InChI is InChI=1S/C28H17NO3S/c30-28-24(16-23-22-9-5-4-6-18(22)12-15-26(23)32-28)27-29-25(17-33-27)19-10-13-21(14-11-19)31-20-7-2-1-3-8-20/h1-17H. The second-order valence-corrected chi connectivity index (χ2v) is 8.48. The number of para-hydroxylation sites is 1. The molecule has 0 saturated heterocycles. The Kier molecular flexibility index (Phi) is 4.74. The van der Waals surface area contributed by atoms with Gasteiger partial charge in [-0.15, -0.1) is 11.3 Å². The number of aromatic nitrogens is 1. The van der Waals surface area contributed by atoms with Crippen LogP contribution in [0.5, 0.6) is 11.5 Å². The van der Waals surface area contributed by atoms with Crippen molar-refractivity contribution in [3.8, 4) is 33.3 Å². The fraction of sp³-hybridized carbons (Fsp3) is 0. The number of thiazole rings is 1. The van der Waals surface area contributed by atoms with Crippen LogP contribution < -0.4 is 10.4 Å². The summed E-state index contributed by atoms with van der Waals surface area (Å²) < 4.78 is 11.5. The molecule has 0 aliphatic rings. The molecule has 0 aliphatic heterocycles. The highest BCUT2D eigenvalue weighted by molar-refractivity contribution is 7.13. The Bertz CT molecular complexity index is 1650. The Morgan fingerprint density at radius 2 is 1.52 bits per heavy atom. The summed E-state index contributed by atoms with van der Waals surface area (Å²) in [5.41, 5.74) is 2.42. The molecule has 0 fully saturated rings. The minimum absolute atomic E-state index is 0.384. The van der Waals surface area contributed by atoms with Crippen molar-refractivity contribution >= 4 is 33.1 Å². The molecule has 158 valence electrons. The summed E-state index contributed by atoms with van der Waals surface area (Å²) in [6.45, 7) is 0. The van der Waals surface area contributed by atoms with Crippen molar-refractivity contribution in [2.75, 3.05) is 0 Å². The minimum Gasteiger partial charge on any atom is -0.457 e. The van der Waals surface area contributed by atoms with Gasteiger partial charge >= 0.3 is 5.63 Å². The zero-order chi connectivity index (χ0) is 22.2. The van der Waals surface area contributed by atoms with Gasteiger partial charge in [0.15, 0.2) is 0 Å². The van der Waals surface area contributed by atoms with Gasteiger partial charge in [0.05, 0.1) is 11.3 Å². The zero-order valence-corrected chi connectivity index (χ0v) is 18.2. The van der Waals surface area contributed by atoms with Gasteiger partial charge < -0.3 is 9.15 Å². The fourth-order valence-electron chi connectivity index (χ4n) is 3.87. The van der Waals surface area contributed by atoms with E-state index in [0.29, 0.717) is 16.2 Å². The molecule has 0 saturated carbocycles. The van der Waals surface area contributed by atoms with Crippen LogP contribution in [-0.2, 0) is 0 Å². The van der Waals surface area contributed by atoms with Crippen molar-refractivity contribution in [1.29, 1.82) is 0 Å². The second kappa shape index (κ2) is 8.04. The molecule has 0 radical (unpaired) electrons. The minimum atomic E-state index is -0.384. The van der Waals surface area contributed by atoms with E-state index < -0.39 is 0 Å². The maximum Gasteiger partial charge on any atom is 0.346 e. The summed E-state index contributed by atoms with van der Waals surface area (Å²) in [4.78, 5) is 17.4. The Labute approximate surface area is 193 Å². The third-order valence-electron chi connectivity index (χ3n) is 5.51. The molecule has 0 amide bonds. The lowest BCUT2D eigenvalue weighted by atomic mass is 10.0. The summed E-state index contributed by atoms with van der Waals surface area (Å²) in [5, 5.41) is 5.64. The maximum absolute atomic E-state index is 12.7. The van der Waals surface area contributed by atoms with Crippen molar-refractivity contribution in [2.45, 2.75) is 0 Å². The van der Waals surface area contributed by atoms with Crippen molar-refractivity contribution in [3.05, 3.63) is 113 Å². The lowest BCUT2D eigenvalue weighted by molar-refractivity contribution is 0.483. The summed E-state index contributed by atoms with van der Waals surface area (Å²) in [6, 6.07) is 31.2. The molecule has 4 aromatic carbocycles. The second-order valence-electron chi connectivity index (χ2n) is 7.62. The molecule has 6 aromatic rings. The van der Waals surface area contributed by atoms with E-state index in [1.165, 1.54) is 11.3 Å². The summed E-state index contributed by atoms with van der Waals surface area (Å²) in [6.07, 6.45) is 0. The number of benzene rings is 4. The van der Waals surface area contributed by atoms with E-state index in [-0.39, 0.29) is 5.63 Å². The van der Waals surface area contributed by atoms with Gasteiger partial charge in [0.1, 0.15) is 22.1 Å². The predicted molar refractivity (Wildman–Crippen MR) is 133 cm³/mol. The Hall–Kier alpha value is -4.22. The van der Waals surface area contributed by atoms with Crippen LogP contribution in [0.4, 0.5) is 0 Å². The summed E-state index contributed by atoms with van der Waals surface area (Å²) in [5.74, 6) is 1.54. The van der Waals surface area contributed by atoms with Crippen molar-refractivity contribution in [1.82, 2.24) is 4.98 Å². The van der Waals surface area contributed by atoms with Crippen molar-refractivity contribution < 1.29 is 9.15 Å². The van der Waals surface area contributed by atoms with Gasteiger partial charge in [0.25, 0.3) is 0 Å². The van der Waals surface area contributed by atoms with E-state index in [1.54, 1.807) is 0 Å². The number of nitrogens with zero attached hydrogens (tertiary/aromatic N) is 1. The number of fused-ring (bicyclic) bond motifs is 3. The first-order valence-corrected chi connectivity index (χ1v) is 11.4. The van der Waals surface area contributed by atoms with Crippen molar-refractivity contribution in [2.24, 2.45) is 0 Å². The molecule has 33 heavy (non-hydrogen) atoms. The topological polar surface area (TPSA) is 52.3 Å². The smallest absolute Gasteiger partial charge is 0.346 e. The molecule has 6 rings (SSSR count). The predicted octanol–water partition coefficient (Wildman–Crippen LogP) is 7.53. The average Bonchev–Trinajstić information content (AvgIpc) is 3.35. The average molecular weight is 448 g/mol. The van der Waals surface area contributed by atoms with Crippen LogP contribution in [0.1, 0.15) is 0 Å². The molecular weight excluding hydrogens is 430 g/mol. The number of hydrogen-bond donors (Lipinski definition) is 0. The van der Waals surface area contributed by atoms with E-state index in [2.05, 4.69) is 0 Å². The Morgan fingerprint density at radius 1 is 0.758 bits per heavy atom. The number of ether oxygens (including phenoxy) is 1. The molecule has 4 nitrogen and oxygen atoms in total. The normalized spacial score (nSPS) is 11.2. The zero-order valence-electron chi connectivity index (χ0n) is 17.4. The van der Waals surface area contributed by atoms with Gasteiger partial charge in [-0.1, -0.05) is 48.5 Å². The van der Waals surface area contributed by atoms with Gasteiger partial charge in [0, 0.05) is 16.3 Å². The van der Waals surface area contributed by atoms with E-state index in [0.717, 1.165) is 38.9 Å². The Morgan fingerprint density at radius 3 is 2.36 bits per heavy atom. The van der Waals surface area contributed by atoms with Crippen LogP contribution in [0.25, 0.3) is 43.6 Å². The van der Waals surface area contributed by atoms with E-state index >= 15 is 0 Å². The quantitative estimate of drug-likeness (QED) is 0.207. The maximum atomic E-state index is 12.7. The highest BCUT2D eigenvalue weighted by Crippen LogP contribution is 2.32. The van der Waals surface area contributed by atoms with Crippen molar-refractivity contribution in [3.63, 3.8) is 0 Å². The molecule has 0 aliphatic carbocycles. The molecule has 5 heteroatoms. The van der Waals surface area contributed by atoms with E-state index in [4.69, 9.17) is 14.1 Å². The largest absolute Gasteiger partial charge is 0.457 e. The van der Waals surface area contributed by atoms with Gasteiger partial charge in [-0.25, -0.2) is 9.78 Å². The highest BCUT2D eigenvalue weighted by Gasteiger charge is 2.14. The third kappa shape index (κ3) is 3.69. The number of hydrogen-bond acceptors (Lipinski definition) is 5. The van der Waals surface area contributed by atoms with E-state index in [9.17, 15) is 4.79 Å². The first-order chi connectivity index (χ1) is 16.2. The van der Waals surface area contributed by atoms with Crippen LogP contribution in [0.15, 0.2) is 112 Å². The first kappa shape index (κ1) is 19.5. The molecule has 2 aromatic heterocycles. The van der Waals surface area contributed by atoms with Crippen LogP contribution in [0.2, 0.25) is 0 Å². The summed E-state index contributed by atoms with van der Waals surface area (Å²) >= 11 is 1.43. The highest BCUT2D eigenvalue weighted by atomic mass is 32.1. The van der Waals surface area contributed by atoms with Crippen LogP contribution in [-0.4, -0.2) is 4.98 Å². The fourth-order valence-corrected chi connectivity index (χ4v) is 4.70. The first-order valence-electron chi connectivity index (χ1n) is 10.5. The molecule has 0 bridgehead atoms. The van der Waals surface area contributed by atoms with Gasteiger partial charge in [-0.2, -0.15) is 0 Å². The molecule has 2 heterocycles. The molecule has 0 unspecified atom stereocenters. The van der Waals surface area contributed by atoms with Gasteiger partial charge in [-0.3, -0.25) is 0 Å². The molecule has 0 atom stereocenters. The van der Waals surface area contributed by atoms with Gasteiger partial charge in [0.2, 0.25) is 0 Å². The number of rotatable bonds is 4. The van der Waals surface area contributed by atoms with Gasteiger partial charge in [-0.05, 0) is 59.3 Å². The molecule has 0 N–H and O–H groups in total. The Balaban J connectivity index is 1.34. The van der Waals surface area contributed by atoms with Crippen LogP contribution >= 0.6 is 11.3 Å². The lowest BCUT2D eigenvalue weighted by Gasteiger charge is -2.06. The van der Waals surface area contributed by atoms with Crippen LogP contribution in [0.3, 0.4) is 0 Å². The summed E-state index contributed by atoms with van der Waals surface area (Å²) in [7, 11) is 0. The molecule has 0 spiro atoms. The van der Waals surface area contributed by atoms with Crippen LogP contribution in [0, 0.1) is 0 Å². The molecular formula is C28H17NO3S. The third-order valence-corrected chi connectivity index (χ3v) is 6.38. The monoisotopic (exact) mass is 447 g/mol. The lowest BCUT2D eigenvalue weighted by Crippen LogP contribution is -2.02. The SMILES string of the molecule is O=c1oc2ccc3ccccc3c2cc1-c1nc(-c2ccc(Oc3ccccc3)cc2)cs1. The van der Waals surface area contributed by atoms with E-state index in [1.807, 2.05) is 102 Å².